The number of halogens is 1. The molecule has 1 aromatic carbocycles. The molecule has 0 saturated carbocycles. The molecule has 2 aromatic rings. The number of hydrogen-bond acceptors (Lipinski definition) is 4. The fraction of sp³-hybridized carbons (Fsp3) is 0.357. The zero-order chi connectivity index (χ0) is 14.7. The van der Waals surface area contributed by atoms with Crippen LogP contribution in [0.2, 0.25) is 0 Å². The van der Waals surface area contributed by atoms with Crippen LogP contribution in [0.25, 0.3) is 0 Å². The molecular formula is C14H16BrN3OS. The lowest BCUT2D eigenvalue weighted by molar-refractivity contribution is 0.102. The van der Waals surface area contributed by atoms with E-state index in [1.165, 1.54) is 11.3 Å². The first-order chi connectivity index (χ1) is 9.44. The number of anilines is 1. The maximum atomic E-state index is 12.2. The molecule has 1 N–H and O–H groups in total. The molecule has 0 aliphatic heterocycles. The number of rotatable bonds is 4. The number of aromatic nitrogens is 2. The summed E-state index contributed by atoms with van der Waals surface area (Å²) in [5, 5.41) is 12.4. The van der Waals surface area contributed by atoms with Crippen molar-refractivity contribution < 1.29 is 4.79 Å². The van der Waals surface area contributed by atoms with Crippen LogP contribution in [0.1, 0.15) is 34.8 Å². The number of amides is 1. The van der Waals surface area contributed by atoms with Gasteiger partial charge in [-0.3, -0.25) is 10.1 Å². The molecular weight excluding hydrogens is 338 g/mol. The molecule has 1 heterocycles. The van der Waals surface area contributed by atoms with Gasteiger partial charge in [-0.25, -0.2) is 0 Å². The van der Waals surface area contributed by atoms with Crippen molar-refractivity contribution in [2.45, 2.75) is 27.2 Å². The van der Waals surface area contributed by atoms with Gasteiger partial charge in [0.2, 0.25) is 5.13 Å². The molecule has 20 heavy (non-hydrogen) atoms. The fourth-order valence-corrected chi connectivity index (χ4v) is 3.33. The smallest absolute Gasteiger partial charge is 0.257 e. The van der Waals surface area contributed by atoms with Crippen molar-refractivity contribution in [1.29, 1.82) is 0 Å². The Bertz CT molecular complexity index is 604. The number of hydrogen-bond donors (Lipinski definition) is 1. The zero-order valence-corrected chi connectivity index (χ0v) is 14.0. The summed E-state index contributed by atoms with van der Waals surface area (Å²) in [7, 11) is 0. The maximum Gasteiger partial charge on any atom is 0.257 e. The molecule has 6 heteroatoms. The lowest BCUT2D eigenvalue weighted by Gasteiger charge is -2.03. The van der Waals surface area contributed by atoms with Crippen molar-refractivity contribution in [1.82, 2.24) is 10.2 Å². The summed E-state index contributed by atoms with van der Waals surface area (Å²) in [5.74, 6) is 0.362. The van der Waals surface area contributed by atoms with E-state index in [1.54, 1.807) is 6.07 Å². The standard InChI is InChI=1S/C14H16BrN3OS/c1-8(2)4-12-17-18-14(20-12)16-13(19)10-5-9(3)6-11(15)7-10/h5-8H,4H2,1-3H3,(H,16,18,19). The minimum atomic E-state index is -0.165. The van der Waals surface area contributed by atoms with Gasteiger partial charge in [0, 0.05) is 16.5 Å². The fourth-order valence-electron chi connectivity index (χ4n) is 1.77. The number of nitrogens with one attached hydrogen (secondary N) is 1. The SMILES string of the molecule is Cc1cc(Br)cc(C(=O)Nc2nnc(CC(C)C)s2)c1. The lowest BCUT2D eigenvalue weighted by atomic mass is 10.1. The third-order valence-electron chi connectivity index (χ3n) is 2.57. The molecule has 1 amide bonds. The van der Waals surface area contributed by atoms with E-state index in [2.05, 4.69) is 45.3 Å². The van der Waals surface area contributed by atoms with Crippen molar-refractivity contribution in [2.24, 2.45) is 5.92 Å². The van der Waals surface area contributed by atoms with Gasteiger partial charge in [0.25, 0.3) is 5.91 Å². The van der Waals surface area contributed by atoms with E-state index in [0.717, 1.165) is 21.5 Å². The van der Waals surface area contributed by atoms with Crippen LogP contribution in [-0.2, 0) is 6.42 Å². The first-order valence-electron chi connectivity index (χ1n) is 6.35. The topological polar surface area (TPSA) is 54.9 Å². The molecule has 4 nitrogen and oxygen atoms in total. The minimum absolute atomic E-state index is 0.165. The Morgan fingerprint density at radius 3 is 2.75 bits per heavy atom. The summed E-state index contributed by atoms with van der Waals surface area (Å²) in [6.07, 6.45) is 0.879. The summed E-state index contributed by atoms with van der Waals surface area (Å²) in [6, 6.07) is 5.59. The molecule has 0 aliphatic carbocycles. The van der Waals surface area contributed by atoms with Gasteiger partial charge in [0.1, 0.15) is 5.01 Å². The molecule has 0 radical (unpaired) electrons. The van der Waals surface area contributed by atoms with E-state index in [-0.39, 0.29) is 5.91 Å². The number of benzene rings is 1. The molecule has 0 fully saturated rings. The summed E-state index contributed by atoms with van der Waals surface area (Å²) in [4.78, 5) is 12.2. The lowest BCUT2D eigenvalue weighted by Crippen LogP contribution is -2.11. The second kappa shape index (κ2) is 6.45. The van der Waals surface area contributed by atoms with Crippen molar-refractivity contribution in [3.63, 3.8) is 0 Å². The van der Waals surface area contributed by atoms with E-state index in [4.69, 9.17) is 0 Å². The summed E-state index contributed by atoms with van der Waals surface area (Å²) >= 11 is 4.82. The first kappa shape index (κ1) is 15.1. The van der Waals surface area contributed by atoms with Crippen LogP contribution in [0.15, 0.2) is 22.7 Å². The van der Waals surface area contributed by atoms with Gasteiger partial charge in [-0.2, -0.15) is 0 Å². The Hall–Kier alpha value is -1.27. The molecule has 2 rings (SSSR count). The van der Waals surface area contributed by atoms with E-state index in [1.807, 2.05) is 19.1 Å². The van der Waals surface area contributed by atoms with E-state index < -0.39 is 0 Å². The highest BCUT2D eigenvalue weighted by molar-refractivity contribution is 9.10. The minimum Gasteiger partial charge on any atom is -0.296 e. The zero-order valence-electron chi connectivity index (χ0n) is 11.6. The average molecular weight is 354 g/mol. The summed E-state index contributed by atoms with van der Waals surface area (Å²) < 4.78 is 0.889. The largest absolute Gasteiger partial charge is 0.296 e. The highest BCUT2D eigenvalue weighted by atomic mass is 79.9. The average Bonchev–Trinajstić information content (AvgIpc) is 2.74. The van der Waals surface area contributed by atoms with Crippen LogP contribution >= 0.6 is 27.3 Å². The highest BCUT2D eigenvalue weighted by Crippen LogP contribution is 2.20. The highest BCUT2D eigenvalue weighted by Gasteiger charge is 2.11. The monoisotopic (exact) mass is 353 g/mol. The predicted octanol–water partition coefficient (Wildman–Crippen LogP) is 4.06. The van der Waals surface area contributed by atoms with Crippen molar-refractivity contribution in [3.8, 4) is 0 Å². The number of nitrogens with zero attached hydrogens (tertiary/aromatic N) is 2. The van der Waals surface area contributed by atoms with Crippen LogP contribution < -0.4 is 5.32 Å². The van der Waals surface area contributed by atoms with Gasteiger partial charge in [0.15, 0.2) is 0 Å². The summed E-state index contributed by atoms with van der Waals surface area (Å²) in [5.41, 5.74) is 1.64. The quantitative estimate of drug-likeness (QED) is 0.901. The summed E-state index contributed by atoms with van der Waals surface area (Å²) in [6.45, 7) is 6.21. The molecule has 0 unspecified atom stereocenters. The van der Waals surface area contributed by atoms with Gasteiger partial charge in [0.05, 0.1) is 0 Å². The van der Waals surface area contributed by atoms with Crippen LogP contribution in [-0.4, -0.2) is 16.1 Å². The van der Waals surface area contributed by atoms with Gasteiger partial charge >= 0.3 is 0 Å². The Morgan fingerprint density at radius 1 is 1.35 bits per heavy atom. The molecule has 106 valence electrons. The Morgan fingerprint density at radius 2 is 2.10 bits per heavy atom. The van der Waals surface area contributed by atoms with E-state index >= 15 is 0 Å². The Kier molecular flexibility index (Phi) is 4.88. The van der Waals surface area contributed by atoms with Crippen molar-refractivity contribution in [2.75, 3.05) is 5.32 Å². The third-order valence-corrected chi connectivity index (χ3v) is 3.89. The van der Waals surface area contributed by atoms with Crippen LogP contribution in [0.5, 0.6) is 0 Å². The molecule has 0 atom stereocenters. The van der Waals surface area contributed by atoms with Gasteiger partial charge < -0.3 is 0 Å². The predicted molar refractivity (Wildman–Crippen MR) is 85.3 cm³/mol. The van der Waals surface area contributed by atoms with Crippen LogP contribution in [0, 0.1) is 12.8 Å². The normalized spacial score (nSPS) is 10.8. The van der Waals surface area contributed by atoms with Crippen LogP contribution in [0.4, 0.5) is 5.13 Å². The Labute approximate surface area is 130 Å². The second-order valence-electron chi connectivity index (χ2n) is 5.07. The van der Waals surface area contributed by atoms with Crippen molar-refractivity contribution in [3.05, 3.63) is 38.8 Å². The van der Waals surface area contributed by atoms with E-state index in [9.17, 15) is 4.79 Å². The molecule has 1 aromatic heterocycles. The molecule has 0 bridgehead atoms. The Balaban J connectivity index is 2.09. The van der Waals surface area contributed by atoms with Gasteiger partial charge in [-0.15, -0.1) is 10.2 Å². The maximum absolute atomic E-state index is 12.2. The van der Waals surface area contributed by atoms with E-state index in [0.29, 0.717) is 16.6 Å². The molecule has 0 spiro atoms. The number of aryl methyl sites for hydroxylation is 1. The van der Waals surface area contributed by atoms with Gasteiger partial charge in [-0.05, 0) is 36.6 Å². The number of carbonyl (C=O) groups excluding carboxylic acids is 1. The molecule has 0 saturated heterocycles. The number of carbonyl (C=O) groups is 1. The van der Waals surface area contributed by atoms with Crippen molar-refractivity contribution >= 4 is 38.3 Å². The van der Waals surface area contributed by atoms with Crippen LogP contribution in [0.3, 0.4) is 0 Å². The molecule has 0 aliphatic rings. The third kappa shape index (κ3) is 4.11. The van der Waals surface area contributed by atoms with Gasteiger partial charge in [-0.1, -0.05) is 41.1 Å². The first-order valence-corrected chi connectivity index (χ1v) is 7.96. The second-order valence-corrected chi connectivity index (χ2v) is 7.05.